The molecule has 1 aromatic rings. The van der Waals surface area contributed by atoms with E-state index in [-0.39, 0.29) is 0 Å². The van der Waals surface area contributed by atoms with Gasteiger partial charge in [0.05, 0.1) is 5.69 Å². The van der Waals surface area contributed by atoms with Gasteiger partial charge in [0.2, 0.25) is 0 Å². The largest absolute Gasteiger partial charge is 0.486 e. The Morgan fingerprint density at radius 1 is 1.25 bits per heavy atom. The average molecular weight is 183 g/mol. The van der Waals surface area contributed by atoms with E-state index in [0.717, 1.165) is 17.2 Å². The Hall–Kier alpha value is -1.03. The number of hydrogen-bond acceptors (Lipinski definition) is 4. The van der Waals surface area contributed by atoms with Gasteiger partial charge in [-0.05, 0) is 12.1 Å². The lowest BCUT2D eigenvalue weighted by atomic mass is 10.2. The van der Waals surface area contributed by atoms with Crippen LogP contribution in [0.3, 0.4) is 0 Å². The fraction of sp³-hybridized carbons (Fsp3) is 0.250. The minimum Gasteiger partial charge on any atom is -0.486 e. The molecular formula is C8H9NO2S. The third-order valence-corrected chi connectivity index (χ3v) is 1.93. The third kappa shape index (κ3) is 1.18. The van der Waals surface area contributed by atoms with Gasteiger partial charge in [-0.2, -0.15) is 0 Å². The van der Waals surface area contributed by atoms with Gasteiger partial charge in [0, 0.05) is 0 Å². The van der Waals surface area contributed by atoms with Crippen LogP contribution in [0.5, 0.6) is 11.5 Å². The number of hydrogen-bond donors (Lipinski definition) is 2. The SMILES string of the molecule is SNc1cccc2c1OCCO2. The fourth-order valence-electron chi connectivity index (χ4n) is 1.16. The van der Waals surface area contributed by atoms with E-state index in [1.807, 2.05) is 18.2 Å². The van der Waals surface area contributed by atoms with Crippen LogP contribution in [0.15, 0.2) is 18.2 Å². The highest BCUT2D eigenvalue weighted by Crippen LogP contribution is 2.37. The summed E-state index contributed by atoms with van der Waals surface area (Å²) in [5.74, 6) is 1.53. The van der Waals surface area contributed by atoms with Crippen molar-refractivity contribution in [1.82, 2.24) is 0 Å². The average Bonchev–Trinajstić information content (AvgIpc) is 2.17. The number of anilines is 1. The fourth-order valence-corrected chi connectivity index (χ4v) is 1.34. The van der Waals surface area contributed by atoms with Gasteiger partial charge in [0.1, 0.15) is 13.2 Å². The molecule has 3 nitrogen and oxygen atoms in total. The highest BCUT2D eigenvalue weighted by Gasteiger charge is 2.14. The van der Waals surface area contributed by atoms with Gasteiger partial charge in [0.25, 0.3) is 0 Å². The molecule has 0 aliphatic carbocycles. The molecule has 1 aromatic carbocycles. The van der Waals surface area contributed by atoms with Crippen LogP contribution in [0.1, 0.15) is 0 Å². The van der Waals surface area contributed by atoms with Crippen molar-refractivity contribution >= 4 is 18.5 Å². The van der Waals surface area contributed by atoms with Crippen molar-refractivity contribution in [1.29, 1.82) is 0 Å². The molecule has 1 aliphatic heterocycles. The first kappa shape index (κ1) is 7.61. The van der Waals surface area contributed by atoms with E-state index in [4.69, 9.17) is 9.47 Å². The Bertz CT molecular complexity index is 276. The molecule has 0 aromatic heterocycles. The standard InChI is InChI=1S/C8H9NO2S/c12-9-6-2-1-3-7-8(6)11-5-4-10-7/h1-3,9,12H,4-5H2. The first-order valence-corrected chi connectivity index (χ1v) is 4.15. The van der Waals surface area contributed by atoms with Gasteiger partial charge in [-0.25, -0.2) is 0 Å². The predicted molar refractivity (Wildman–Crippen MR) is 50.0 cm³/mol. The molecule has 0 radical (unpaired) electrons. The van der Waals surface area contributed by atoms with E-state index < -0.39 is 0 Å². The van der Waals surface area contributed by atoms with Crippen LogP contribution < -0.4 is 14.2 Å². The molecule has 64 valence electrons. The van der Waals surface area contributed by atoms with Crippen molar-refractivity contribution in [2.24, 2.45) is 0 Å². The minimum absolute atomic E-state index is 0.597. The Labute approximate surface area is 76.2 Å². The van der Waals surface area contributed by atoms with Gasteiger partial charge >= 0.3 is 0 Å². The predicted octanol–water partition coefficient (Wildman–Crippen LogP) is 1.71. The second kappa shape index (κ2) is 3.15. The monoisotopic (exact) mass is 183 g/mol. The lowest BCUT2D eigenvalue weighted by Gasteiger charge is -2.20. The van der Waals surface area contributed by atoms with Gasteiger partial charge in [-0.3, -0.25) is 0 Å². The van der Waals surface area contributed by atoms with Crippen molar-refractivity contribution in [2.45, 2.75) is 0 Å². The van der Waals surface area contributed by atoms with Crippen molar-refractivity contribution in [3.63, 3.8) is 0 Å². The number of para-hydroxylation sites is 1. The maximum atomic E-state index is 5.41. The summed E-state index contributed by atoms with van der Waals surface area (Å²) in [6.45, 7) is 1.21. The molecule has 1 heterocycles. The smallest absolute Gasteiger partial charge is 0.185 e. The number of benzene rings is 1. The summed E-state index contributed by atoms with van der Waals surface area (Å²) in [6, 6.07) is 5.66. The highest BCUT2D eigenvalue weighted by molar-refractivity contribution is 7.81. The zero-order chi connectivity index (χ0) is 8.39. The molecule has 12 heavy (non-hydrogen) atoms. The van der Waals surface area contributed by atoms with E-state index in [1.165, 1.54) is 0 Å². The van der Waals surface area contributed by atoms with Gasteiger partial charge < -0.3 is 14.2 Å². The summed E-state index contributed by atoms with van der Waals surface area (Å²) >= 11 is 3.96. The van der Waals surface area contributed by atoms with Gasteiger partial charge in [-0.1, -0.05) is 18.9 Å². The molecule has 0 atom stereocenters. The first-order valence-electron chi connectivity index (χ1n) is 3.70. The summed E-state index contributed by atoms with van der Waals surface area (Å²) < 4.78 is 13.5. The van der Waals surface area contributed by atoms with Crippen molar-refractivity contribution in [2.75, 3.05) is 17.9 Å². The lowest BCUT2D eigenvalue weighted by Crippen LogP contribution is -2.15. The normalized spacial score (nSPS) is 14.1. The summed E-state index contributed by atoms with van der Waals surface area (Å²) in [5.41, 5.74) is 0.843. The first-order chi connectivity index (χ1) is 5.92. The molecule has 0 bridgehead atoms. The topological polar surface area (TPSA) is 30.5 Å². The van der Waals surface area contributed by atoms with Crippen LogP contribution in [0, 0.1) is 0 Å². The summed E-state index contributed by atoms with van der Waals surface area (Å²) in [6.07, 6.45) is 0. The highest BCUT2D eigenvalue weighted by atomic mass is 32.1. The molecule has 2 rings (SSSR count). The molecule has 0 unspecified atom stereocenters. The molecule has 0 amide bonds. The summed E-state index contributed by atoms with van der Waals surface area (Å²) in [7, 11) is 0. The Morgan fingerprint density at radius 3 is 2.92 bits per heavy atom. The van der Waals surface area contributed by atoms with Crippen molar-refractivity contribution in [3.05, 3.63) is 18.2 Å². The molecule has 0 saturated heterocycles. The van der Waals surface area contributed by atoms with Crippen LogP contribution in [-0.4, -0.2) is 13.2 Å². The van der Waals surface area contributed by atoms with Crippen LogP contribution in [0.2, 0.25) is 0 Å². The van der Waals surface area contributed by atoms with Gasteiger partial charge in [-0.15, -0.1) is 0 Å². The number of ether oxygens (including phenoxy) is 2. The van der Waals surface area contributed by atoms with Crippen LogP contribution >= 0.6 is 12.8 Å². The molecule has 4 heteroatoms. The Kier molecular flexibility index (Phi) is 1.99. The van der Waals surface area contributed by atoms with E-state index in [1.54, 1.807) is 0 Å². The quantitative estimate of drug-likeness (QED) is 0.650. The Balaban J connectivity index is 2.44. The maximum absolute atomic E-state index is 5.41. The Morgan fingerprint density at radius 2 is 2.08 bits per heavy atom. The van der Waals surface area contributed by atoms with E-state index in [2.05, 4.69) is 17.5 Å². The molecule has 1 N–H and O–H groups in total. The maximum Gasteiger partial charge on any atom is 0.185 e. The second-order valence-corrected chi connectivity index (χ2v) is 2.67. The summed E-state index contributed by atoms with van der Waals surface area (Å²) in [5, 5.41) is 0. The van der Waals surface area contributed by atoms with Crippen molar-refractivity contribution in [3.8, 4) is 11.5 Å². The second-order valence-electron chi connectivity index (χ2n) is 2.44. The van der Waals surface area contributed by atoms with Crippen molar-refractivity contribution < 1.29 is 9.47 Å². The number of fused-ring (bicyclic) bond motifs is 1. The molecule has 1 aliphatic rings. The zero-order valence-electron chi connectivity index (χ0n) is 6.41. The van der Waals surface area contributed by atoms with E-state index in [0.29, 0.717) is 13.2 Å². The van der Waals surface area contributed by atoms with Crippen LogP contribution in [-0.2, 0) is 0 Å². The van der Waals surface area contributed by atoms with Gasteiger partial charge in [0.15, 0.2) is 11.5 Å². The number of thiol groups is 1. The van der Waals surface area contributed by atoms with Crippen LogP contribution in [0.4, 0.5) is 5.69 Å². The molecule has 0 fully saturated rings. The zero-order valence-corrected chi connectivity index (χ0v) is 7.30. The molecular weight excluding hydrogens is 174 g/mol. The summed E-state index contributed by atoms with van der Waals surface area (Å²) in [4.78, 5) is 0. The third-order valence-electron chi connectivity index (χ3n) is 1.69. The molecule has 0 saturated carbocycles. The lowest BCUT2D eigenvalue weighted by molar-refractivity contribution is 0.172. The number of rotatable bonds is 1. The minimum atomic E-state index is 0.597. The van der Waals surface area contributed by atoms with E-state index in [9.17, 15) is 0 Å². The molecule has 0 spiro atoms. The van der Waals surface area contributed by atoms with E-state index >= 15 is 0 Å². The van der Waals surface area contributed by atoms with Crippen LogP contribution in [0.25, 0.3) is 0 Å². The number of nitrogens with one attached hydrogen (secondary N) is 1.